The van der Waals surface area contributed by atoms with Crippen LogP contribution in [0.15, 0.2) is 29.2 Å². The molecular weight excluding hydrogens is 400 g/mol. The van der Waals surface area contributed by atoms with Crippen LogP contribution < -0.4 is 0 Å². The molecule has 28 heavy (non-hydrogen) atoms. The van der Waals surface area contributed by atoms with E-state index in [9.17, 15) is 13.2 Å². The van der Waals surface area contributed by atoms with Gasteiger partial charge in [0.15, 0.2) is 0 Å². The van der Waals surface area contributed by atoms with E-state index in [4.69, 9.17) is 16.3 Å². The van der Waals surface area contributed by atoms with Gasteiger partial charge < -0.3 is 9.64 Å². The number of benzene rings is 1. The minimum absolute atomic E-state index is 0.119. The van der Waals surface area contributed by atoms with Crippen molar-refractivity contribution in [3.8, 4) is 0 Å². The van der Waals surface area contributed by atoms with Gasteiger partial charge in [0.1, 0.15) is 4.90 Å². The molecule has 6 nitrogen and oxygen atoms in total. The average molecular weight is 427 g/mol. The van der Waals surface area contributed by atoms with Gasteiger partial charge in [0, 0.05) is 32.6 Å². The van der Waals surface area contributed by atoms with Crippen LogP contribution in [0.1, 0.15) is 32.1 Å². The van der Waals surface area contributed by atoms with Crippen LogP contribution in [-0.2, 0) is 19.6 Å². The van der Waals surface area contributed by atoms with Gasteiger partial charge in [-0.2, -0.15) is 4.31 Å². The molecule has 0 radical (unpaired) electrons. The van der Waals surface area contributed by atoms with Crippen LogP contribution in [0.25, 0.3) is 0 Å². The van der Waals surface area contributed by atoms with Gasteiger partial charge in [-0.3, -0.25) is 4.79 Å². The molecule has 1 aromatic carbocycles. The normalized spacial score (nSPS) is 25.5. The van der Waals surface area contributed by atoms with Gasteiger partial charge in [-0.1, -0.05) is 23.7 Å². The van der Waals surface area contributed by atoms with Gasteiger partial charge in [-0.15, -0.1) is 0 Å². The molecule has 1 aliphatic carbocycles. The Balaban J connectivity index is 1.38. The maximum absolute atomic E-state index is 13.0. The standard InChI is InChI=1S/C20H27ClN2O4S/c21-17-3-1-2-4-18(17)28(25,26)23-9-7-20(8-10-23)6-5-16(20)15-19(24)22-11-13-27-14-12-22/h1-4,16H,5-15H2. The number of amides is 1. The second kappa shape index (κ2) is 7.94. The number of nitrogens with zero attached hydrogens (tertiary/aromatic N) is 2. The van der Waals surface area contributed by atoms with E-state index < -0.39 is 10.0 Å². The van der Waals surface area contributed by atoms with E-state index in [1.54, 1.807) is 28.6 Å². The highest BCUT2D eigenvalue weighted by molar-refractivity contribution is 7.89. The second-order valence-corrected chi connectivity index (χ2v) is 10.4. The molecular formula is C20H27ClN2O4S. The minimum Gasteiger partial charge on any atom is -0.378 e. The highest BCUT2D eigenvalue weighted by Gasteiger charge is 2.50. The van der Waals surface area contributed by atoms with Crippen molar-refractivity contribution in [2.75, 3.05) is 39.4 Å². The van der Waals surface area contributed by atoms with Gasteiger partial charge in [0.05, 0.1) is 18.2 Å². The Hall–Kier alpha value is -1.15. The van der Waals surface area contributed by atoms with Crippen LogP contribution in [0.5, 0.6) is 0 Å². The molecule has 2 saturated heterocycles. The van der Waals surface area contributed by atoms with Crippen molar-refractivity contribution in [3.63, 3.8) is 0 Å². The summed E-state index contributed by atoms with van der Waals surface area (Å²) in [5.74, 6) is 0.589. The third kappa shape index (κ3) is 3.70. The van der Waals surface area contributed by atoms with Gasteiger partial charge in [0.2, 0.25) is 15.9 Å². The van der Waals surface area contributed by atoms with Crippen LogP contribution in [0.3, 0.4) is 0 Å². The van der Waals surface area contributed by atoms with Gasteiger partial charge in [-0.05, 0) is 49.1 Å². The van der Waals surface area contributed by atoms with Crippen molar-refractivity contribution in [1.82, 2.24) is 9.21 Å². The Morgan fingerprint density at radius 1 is 1.11 bits per heavy atom. The van der Waals surface area contributed by atoms with Crippen LogP contribution >= 0.6 is 11.6 Å². The van der Waals surface area contributed by atoms with Crippen molar-refractivity contribution >= 4 is 27.5 Å². The Morgan fingerprint density at radius 2 is 1.79 bits per heavy atom. The Kier molecular flexibility index (Phi) is 5.71. The predicted molar refractivity (Wildman–Crippen MR) is 107 cm³/mol. The van der Waals surface area contributed by atoms with E-state index in [2.05, 4.69) is 0 Å². The Morgan fingerprint density at radius 3 is 2.39 bits per heavy atom. The first-order valence-corrected chi connectivity index (χ1v) is 11.8. The number of rotatable bonds is 4. The molecule has 0 aromatic heterocycles. The number of hydrogen-bond acceptors (Lipinski definition) is 4. The lowest BCUT2D eigenvalue weighted by molar-refractivity contribution is -0.140. The van der Waals surface area contributed by atoms with E-state index in [1.165, 1.54) is 0 Å². The van der Waals surface area contributed by atoms with Crippen LogP contribution in [0.2, 0.25) is 5.02 Å². The predicted octanol–water partition coefficient (Wildman–Crippen LogP) is 2.77. The third-order valence-electron chi connectivity index (χ3n) is 6.81. The maximum Gasteiger partial charge on any atom is 0.244 e. The van der Waals surface area contributed by atoms with Crippen LogP contribution in [-0.4, -0.2) is 62.9 Å². The molecule has 1 amide bonds. The van der Waals surface area contributed by atoms with Crippen LogP contribution in [0, 0.1) is 11.3 Å². The summed E-state index contributed by atoms with van der Waals surface area (Å²) in [5, 5.41) is 0.264. The number of halogens is 1. The fourth-order valence-electron chi connectivity index (χ4n) is 4.85. The van der Waals surface area contributed by atoms with Crippen molar-refractivity contribution in [2.24, 2.45) is 11.3 Å². The van der Waals surface area contributed by atoms with E-state index in [1.807, 2.05) is 4.90 Å². The van der Waals surface area contributed by atoms with E-state index in [0.29, 0.717) is 51.7 Å². The largest absolute Gasteiger partial charge is 0.378 e. The maximum atomic E-state index is 13.0. The highest BCUT2D eigenvalue weighted by atomic mass is 35.5. The summed E-state index contributed by atoms with van der Waals surface area (Å²) < 4.78 is 32.8. The molecule has 2 heterocycles. The molecule has 154 valence electrons. The fraction of sp³-hybridized carbons (Fsp3) is 0.650. The zero-order chi connectivity index (χ0) is 19.8. The van der Waals surface area contributed by atoms with Gasteiger partial charge in [-0.25, -0.2) is 8.42 Å². The molecule has 3 fully saturated rings. The Bertz CT molecular complexity index is 830. The number of piperidine rings is 1. The summed E-state index contributed by atoms with van der Waals surface area (Å²) in [7, 11) is -3.57. The highest BCUT2D eigenvalue weighted by Crippen LogP contribution is 2.55. The lowest BCUT2D eigenvalue weighted by Gasteiger charge is -2.54. The molecule has 1 aromatic rings. The molecule has 2 aliphatic heterocycles. The second-order valence-electron chi connectivity index (χ2n) is 8.13. The van der Waals surface area contributed by atoms with Crippen molar-refractivity contribution in [1.29, 1.82) is 0 Å². The number of ether oxygens (including phenoxy) is 1. The Labute approximate surface area is 171 Å². The average Bonchev–Trinajstić information content (AvgIpc) is 2.72. The summed E-state index contributed by atoms with van der Waals surface area (Å²) in [6.07, 6.45) is 4.37. The molecule has 8 heteroatoms. The summed E-state index contributed by atoms with van der Waals surface area (Å²) >= 11 is 6.12. The minimum atomic E-state index is -3.57. The van der Waals surface area contributed by atoms with E-state index in [0.717, 1.165) is 25.7 Å². The first kappa shape index (κ1) is 20.1. The van der Waals surface area contributed by atoms with Gasteiger partial charge in [0.25, 0.3) is 0 Å². The zero-order valence-corrected chi connectivity index (χ0v) is 17.6. The first-order chi connectivity index (χ1) is 13.4. The number of sulfonamides is 1. The van der Waals surface area contributed by atoms with Crippen molar-refractivity contribution < 1.29 is 17.9 Å². The summed E-state index contributed by atoms with van der Waals surface area (Å²) in [6, 6.07) is 6.61. The molecule has 1 saturated carbocycles. The molecule has 1 unspecified atom stereocenters. The summed E-state index contributed by atoms with van der Waals surface area (Å²) in [5.41, 5.74) is 0.119. The SMILES string of the molecule is O=C(CC1CCC12CCN(S(=O)(=O)c1ccccc1Cl)CC2)N1CCOCC1. The van der Waals surface area contributed by atoms with Crippen LogP contribution in [0.4, 0.5) is 0 Å². The summed E-state index contributed by atoms with van der Waals surface area (Å²) in [4.78, 5) is 14.7. The smallest absolute Gasteiger partial charge is 0.244 e. The fourth-order valence-corrected chi connectivity index (χ4v) is 6.79. The lowest BCUT2D eigenvalue weighted by atomic mass is 9.55. The molecule has 0 N–H and O–H groups in total. The van der Waals surface area contributed by atoms with E-state index in [-0.39, 0.29) is 21.2 Å². The molecule has 1 spiro atoms. The van der Waals surface area contributed by atoms with Gasteiger partial charge >= 0.3 is 0 Å². The lowest BCUT2D eigenvalue weighted by Crippen LogP contribution is -2.52. The molecule has 0 bridgehead atoms. The van der Waals surface area contributed by atoms with Crippen molar-refractivity contribution in [3.05, 3.63) is 29.3 Å². The topological polar surface area (TPSA) is 66.9 Å². The molecule has 4 rings (SSSR count). The number of morpholine rings is 1. The van der Waals surface area contributed by atoms with E-state index >= 15 is 0 Å². The van der Waals surface area contributed by atoms with Crippen molar-refractivity contribution in [2.45, 2.75) is 37.0 Å². The summed E-state index contributed by atoms with van der Waals surface area (Å²) in [6.45, 7) is 3.60. The monoisotopic (exact) mass is 426 g/mol. The quantitative estimate of drug-likeness (QED) is 0.742. The molecule has 1 atom stereocenters. The third-order valence-corrected chi connectivity index (χ3v) is 9.21. The molecule has 3 aliphatic rings. The number of carbonyl (C=O) groups is 1. The first-order valence-electron chi connectivity index (χ1n) is 10.0. The number of hydrogen-bond donors (Lipinski definition) is 0. The zero-order valence-electron chi connectivity index (χ0n) is 16.0. The number of carbonyl (C=O) groups excluding carboxylic acids is 1.